The van der Waals surface area contributed by atoms with Gasteiger partial charge < -0.3 is 5.32 Å². The molecule has 0 aliphatic heterocycles. The molecule has 0 aliphatic carbocycles. The van der Waals surface area contributed by atoms with E-state index >= 15 is 0 Å². The Balaban J connectivity index is 1.70. The Kier molecular flexibility index (Phi) is 7.04. The number of rotatable bonds is 7. The van der Waals surface area contributed by atoms with Gasteiger partial charge in [0.2, 0.25) is 5.91 Å². The third-order valence-electron chi connectivity index (χ3n) is 3.17. The van der Waals surface area contributed by atoms with E-state index in [1.165, 1.54) is 0 Å². The van der Waals surface area contributed by atoms with Crippen molar-refractivity contribution in [2.75, 3.05) is 12.8 Å². The van der Waals surface area contributed by atoms with E-state index in [1.54, 1.807) is 18.0 Å². The Morgan fingerprint density at radius 1 is 1.04 bits per heavy atom. The summed E-state index contributed by atoms with van der Waals surface area (Å²) in [4.78, 5) is 24.6. The van der Waals surface area contributed by atoms with Crippen LogP contribution < -0.4 is 10.7 Å². The average molecular weight is 341 g/mol. The Hall–Kier alpha value is -2.60. The lowest BCUT2D eigenvalue weighted by Gasteiger charge is -2.04. The summed E-state index contributed by atoms with van der Waals surface area (Å²) in [5.74, 6) is -0.568. The summed E-state index contributed by atoms with van der Waals surface area (Å²) >= 11 is 1.66. The van der Waals surface area contributed by atoms with Crippen LogP contribution in [0.15, 0.2) is 64.6 Å². The van der Waals surface area contributed by atoms with E-state index in [1.807, 2.05) is 60.9 Å². The smallest absolute Gasteiger partial charge is 0.259 e. The van der Waals surface area contributed by atoms with Crippen molar-refractivity contribution >= 4 is 29.8 Å². The highest BCUT2D eigenvalue weighted by molar-refractivity contribution is 7.98. The highest BCUT2D eigenvalue weighted by Crippen LogP contribution is 2.13. The molecule has 0 saturated carbocycles. The standard InChI is InChI=1S/C18H19N3O2S/c1-24-16-9-7-15(8-10-16)12-20-21-18(23)13-19-17(22)11-14-5-3-2-4-6-14/h2-10,12H,11,13H2,1H3,(H,19,22)(H,21,23)/b20-12+. The van der Waals surface area contributed by atoms with Crippen LogP contribution in [-0.4, -0.2) is 30.8 Å². The van der Waals surface area contributed by atoms with Crippen molar-refractivity contribution in [1.29, 1.82) is 0 Å². The van der Waals surface area contributed by atoms with E-state index in [9.17, 15) is 9.59 Å². The molecule has 0 aromatic heterocycles. The molecule has 2 rings (SSSR count). The maximum absolute atomic E-state index is 11.7. The van der Waals surface area contributed by atoms with E-state index in [0.717, 1.165) is 16.0 Å². The Bertz CT molecular complexity index is 700. The minimum absolute atomic E-state index is 0.103. The minimum Gasteiger partial charge on any atom is -0.347 e. The van der Waals surface area contributed by atoms with Gasteiger partial charge in [-0.2, -0.15) is 5.10 Å². The SMILES string of the molecule is CSc1ccc(/C=N/NC(=O)CNC(=O)Cc2ccccc2)cc1. The molecule has 0 atom stereocenters. The number of nitrogens with zero attached hydrogens (tertiary/aromatic N) is 1. The van der Waals surface area contributed by atoms with Crippen LogP contribution >= 0.6 is 11.8 Å². The molecule has 0 fully saturated rings. The predicted octanol–water partition coefficient (Wildman–Crippen LogP) is 2.22. The molecule has 0 saturated heterocycles. The highest BCUT2D eigenvalue weighted by Gasteiger charge is 2.05. The van der Waals surface area contributed by atoms with Gasteiger partial charge in [-0.25, -0.2) is 5.43 Å². The molecule has 2 amide bonds. The quantitative estimate of drug-likeness (QED) is 0.461. The largest absolute Gasteiger partial charge is 0.347 e. The number of hydrazone groups is 1. The topological polar surface area (TPSA) is 70.6 Å². The fourth-order valence-electron chi connectivity index (χ4n) is 1.93. The summed E-state index contributed by atoms with van der Waals surface area (Å²) in [6.07, 6.45) is 3.82. The summed E-state index contributed by atoms with van der Waals surface area (Å²) in [6, 6.07) is 17.2. The third-order valence-corrected chi connectivity index (χ3v) is 3.92. The molecule has 0 unspecified atom stereocenters. The Labute approximate surface area is 145 Å². The first-order valence-corrected chi connectivity index (χ1v) is 8.66. The second-order valence-corrected chi connectivity index (χ2v) is 5.89. The van der Waals surface area contributed by atoms with Crippen molar-refractivity contribution in [3.05, 3.63) is 65.7 Å². The number of benzene rings is 2. The first-order valence-electron chi connectivity index (χ1n) is 7.44. The van der Waals surface area contributed by atoms with Gasteiger partial charge in [0.1, 0.15) is 0 Å². The Morgan fingerprint density at radius 2 is 1.75 bits per heavy atom. The normalized spacial score (nSPS) is 10.5. The highest BCUT2D eigenvalue weighted by atomic mass is 32.2. The van der Waals surface area contributed by atoms with Gasteiger partial charge in [-0.1, -0.05) is 42.5 Å². The molecule has 0 spiro atoms. The number of carbonyl (C=O) groups excluding carboxylic acids is 2. The van der Waals surface area contributed by atoms with Crippen molar-refractivity contribution in [3.8, 4) is 0 Å². The maximum Gasteiger partial charge on any atom is 0.259 e. The minimum atomic E-state index is -0.367. The van der Waals surface area contributed by atoms with Gasteiger partial charge >= 0.3 is 0 Å². The molecular weight excluding hydrogens is 322 g/mol. The summed E-state index contributed by atoms with van der Waals surface area (Å²) in [6.45, 7) is -0.103. The number of nitrogens with one attached hydrogen (secondary N) is 2. The van der Waals surface area contributed by atoms with Crippen LogP contribution in [0.4, 0.5) is 0 Å². The van der Waals surface area contributed by atoms with Gasteiger partial charge in [0.25, 0.3) is 5.91 Å². The molecule has 5 nitrogen and oxygen atoms in total. The lowest BCUT2D eigenvalue weighted by molar-refractivity contribution is -0.125. The van der Waals surface area contributed by atoms with Crippen LogP contribution in [0.25, 0.3) is 0 Å². The molecule has 2 aromatic rings. The molecule has 0 aliphatic rings. The molecule has 0 bridgehead atoms. The zero-order valence-electron chi connectivity index (χ0n) is 13.4. The van der Waals surface area contributed by atoms with Gasteiger partial charge in [0.05, 0.1) is 19.2 Å². The number of amides is 2. The molecule has 2 aromatic carbocycles. The van der Waals surface area contributed by atoms with E-state index in [-0.39, 0.29) is 24.8 Å². The van der Waals surface area contributed by atoms with Crippen LogP contribution in [0, 0.1) is 0 Å². The van der Waals surface area contributed by atoms with Gasteiger partial charge in [0.15, 0.2) is 0 Å². The van der Waals surface area contributed by atoms with E-state index in [4.69, 9.17) is 0 Å². The van der Waals surface area contributed by atoms with Crippen LogP contribution in [0.2, 0.25) is 0 Å². The number of carbonyl (C=O) groups is 2. The van der Waals surface area contributed by atoms with Crippen molar-refractivity contribution in [1.82, 2.24) is 10.7 Å². The van der Waals surface area contributed by atoms with Crippen LogP contribution in [-0.2, 0) is 16.0 Å². The zero-order chi connectivity index (χ0) is 17.2. The molecule has 6 heteroatoms. The molecule has 2 N–H and O–H groups in total. The predicted molar refractivity (Wildman–Crippen MR) is 97.1 cm³/mol. The average Bonchev–Trinajstić information content (AvgIpc) is 2.61. The second-order valence-electron chi connectivity index (χ2n) is 5.01. The van der Waals surface area contributed by atoms with Crippen LogP contribution in [0.1, 0.15) is 11.1 Å². The summed E-state index contributed by atoms with van der Waals surface area (Å²) in [5, 5.41) is 6.44. The van der Waals surface area contributed by atoms with Crippen molar-refractivity contribution in [2.45, 2.75) is 11.3 Å². The molecule has 0 heterocycles. The summed E-state index contributed by atoms with van der Waals surface area (Å²) < 4.78 is 0. The van der Waals surface area contributed by atoms with E-state index < -0.39 is 0 Å². The van der Waals surface area contributed by atoms with Crippen molar-refractivity contribution < 1.29 is 9.59 Å². The molecule has 0 radical (unpaired) electrons. The number of hydrogen-bond donors (Lipinski definition) is 2. The number of thioether (sulfide) groups is 1. The maximum atomic E-state index is 11.7. The Morgan fingerprint density at radius 3 is 2.42 bits per heavy atom. The fraction of sp³-hybridized carbons (Fsp3) is 0.167. The summed E-state index contributed by atoms with van der Waals surface area (Å²) in [5.41, 5.74) is 4.18. The van der Waals surface area contributed by atoms with Gasteiger partial charge in [-0.3, -0.25) is 9.59 Å². The molecular formula is C18H19N3O2S. The third kappa shape index (κ3) is 6.26. The summed E-state index contributed by atoms with van der Waals surface area (Å²) in [7, 11) is 0. The van der Waals surface area contributed by atoms with Crippen LogP contribution in [0.5, 0.6) is 0 Å². The van der Waals surface area contributed by atoms with Crippen molar-refractivity contribution in [3.63, 3.8) is 0 Å². The van der Waals surface area contributed by atoms with Gasteiger partial charge in [0, 0.05) is 4.90 Å². The first-order chi connectivity index (χ1) is 11.7. The number of hydrogen-bond acceptors (Lipinski definition) is 4. The fourth-order valence-corrected chi connectivity index (χ4v) is 2.34. The van der Waals surface area contributed by atoms with Crippen molar-refractivity contribution in [2.24, 2.45) is 5.10 Å². The lowest BCUT2D eigenvalue weighted by Crippen LogP contribution is -2.35. The zero-order valence-corrected chi connectivity index (χ0v) is 14.2. The molecule has 24 heavy (non-hydrogen) atoms. The van der Waals surface area contributed by atoms with Crippen LogP contribution in [0.3, 0.4) is 0 Å². The van der Waals surface area contributed by atoms with E-state index in [2.05, 4.69) is 15.8 Å². The van der Waals surface area contributed by atoms with Gasteiger partial charge in [-0.15, -0.1) is 11.8 Å². The van der Waals surface area contributed by atoms with Gasteiger partial charge in [-0.05, 0) is 29.5 Å². The second kappa shape index (κ2) is 9.52. The van der Waals surface area contributed by atoms with E-state index in [0.29, 0.717) is 0 Å². The monoisotopic (exact) mass is 341 g/mol. The molecule has 124 valence electrons. The lowest BCUT2D eigenvalue weighted by atomic mass is 10.1. The first kappa shape index (κ1) is 17.7.